The first-order valence-corrected chi connectivity index (χ1v) is 11.1. The number of nitrogens with one attached hydrogen (secondary N) is 2. The van der Waals surface area contributed by atoms with Crippen LogP contribution in [0.2, 0.25) is 0 Å². The fourth-order valence-corrected chi connectivity index (χ4v) is 3.51. The SMILES string of the molecule is COCCCNC(=O)c1ccccc1NC(=O)CN(c1ccc(F)c(F)c1)S(C)(=O)=O. The molecule has 0 saturated heterocycles. The van der Waals surface area contributed by atoms with Gasteiger partial charge in [-0.05, 0) is 30.7 Å². The number of nitrogens with zero attached hydrogens (tertiary/aromatic N) is 1. The number of anilines is 2. The third-order valence-electron chi connectivity index (χ3n) is 4.14. The average molecular weight is 455 g/mol. The van der Waals surface area contributed by atoms with Gasteiger partial charge in [-0.25, -0.2) is 17.2 Å². The van der Waals surface area contributed by atoms with E-state index in [1.807, 2.05) is 0 Å². The molecule has 0 bridgehead atoms. The highest BCUT2D eigenvalue weighted by atomic mass is 32.2. The molecular weight excluding hydrogens is 432 g/mol. The van der Waals surface area contributed by atoms with Gasteiger partial charge in [-0.3, -0.25) is 13.9 Å². The summed E-state index contributed by atoms with van der Waals surface area (Å²) in [6.07, 6.45) is 1.44. The van der Waals surface area contributed by atoms with Crippen LogP contribution in [0.4, 0.5) is 20.2 Å². The summed E-state index contributed by atoms with van der Waals surface area (Å²) >= 11 is 0. The summed E-state index contributed by atoms with van der Waals surface area (Å²) in [6, 6.07) is 8.71. The number of halogens is 2. The van der Waals surface area contributed by atoms with Crippen molar-refractivity contribution in [3.05, 3.63) is 59.7 Å². The monoisotopic (exact) mass is 455 g/mol. The van der Waals surface area contributed by atoms with Crippen LogP contribution in [0.3, 0.4) is 0 Å². The van der Waals surface area contributed by atoms with E-state index in [0.29, 0.717) is 29.9 Å². The summed E-state index contributed by atoms with van der Waals surface area (Å²) in [5.74, 6) is -3.59. The molecule has 0 aliphatic rings. The molecule has 0 fully saturated rings. The molecule has 168 valence electrons. The second-order valence-electron chi connectivity index (χ2n) is 6.56. The number of sulfonamides is 1. The van der Waals surface area contributed by atoms with Gasteiger partial charge in [0, 0.05) is 26.3 Å². The number of amides is 2. The Hall–Kier alpha value is -3.05. The van der Waals surface area contributed by atoms with Crippen molar-refractivity contribution in [3.63, 3.8) is 0 Å². The predicted octanol–water partition coefficient (Wildman–Crippen LogP) is 2.14. The van der Waals surface area contributed by atoms with Crippen molar-refractivity contribution in [1.82, 2.24) is 5.32 Å². The van der Waals surface area contributed by atoms with E-state index in [9.17, 15) is 26.8 Å². The van der Waals surface area contributed by atoms with Gasteiger partial charge in [0.1, 0.15) is 6.54 Å². The van der Waals surface area contributed by atoms with E-state index in [2.05, 4.69) is 10.6 Å². The summed E-state index contributed by atoms with van der Waals surface area (Å²) in [6.45, 7) is 0.143. The van der Waals surface area contributed by atoms with Gasteiger partial charge >= 0.3 is 0 Å². The minimum Gasteiger partial charge on any atom is -0.385 e. The number of para-hydroxylation sites is 1. The first kappa shape index (κ1) is 24.2. The molecule has 2 aromatic rings. The van der Waals surface area contributed by atoms with Crippen LogP contribution in [-0.4, -0.2) is 53.3 Å². The van der Waals surface area contributed by atoms with Crippen LogP contribution < -0.4 is 14.9 Å². The van der Waals surface area contributed by atoms with Crippen LogP contribution in [0.5, 0.6) is 0 Å². The Morgan fingerprint density at radius 1 is 1.10 bits per heavy atom. The normalized spacial score (nSPS) is 11.1. The number of methoxy groups -OCH3 is 1. The van der Waals surface area contributed by atoms with Crippen LogP contribution in [0.15, 0.2) is 42.5 Å². The molecule has 2 aromatic carbocycles. The lowest BCUT2D eigenvalue weighted by atomic mass is 10.1. The maximum atomic E-state index is 13.6. The summed E-state index contributed by atoms with van der Waals surface area (Å²) in [7, 11) is -2.44. The highest BCUT2D eigenvalue weighted by Crippen LogP contribution is 2.21. The molecule has 2 N–H and O–H groups in total. The molecule has 0 unspecified atom stereocenters. The standard InChI is InChI=1S/C20H23F2N3O5S/c1-30-11-5-10-23-20(27)15-6-3-4-7-18(15)24-19(26)13-25(31(2,28)29)14-8-9-16(21)17(22)12-14/h3-4,6-9,12H,5,10-11,13H2,1-2H3,(H,23,27)(H,24,26). The summed E-state index contributed by atoms with van der Waals surface area (Å²) in [5.41, 5.74) is 0.156. The maximum absolute atomic E-state index is 13.6. The van der Waals surface area contributed by atoms with Crippen LogP contribution >= 0.6 is 0 Å². The minimum atomic E-state index is -3.99. The highest BCUT2D eigenvalue weighted by Gasteiger charge is 2.23. The smallest absolute Gasteiger partial charge is 0.253 e. The van der Waals surface area contributed by atoms with Crippen molar-refractivity contribution < 1.29 is 31.5 Å². The van der Waals surface area contributed by atoms with E-state index in [1.165, 1.54) is 12.1 Å². The van der Waals surface area contributed by atoms with Gasteiger partial charge in [0.25, 0.3) is 5.91 Å². The first-order valence-electron chi connectivity index (χ1n) is 9.22. The zero-order valence-corrected chi connectivity index (χ0v) is 17.8. The molecule has 11 heteroatoms. The number of carbonyl (C=O) groups excluding carboxylic acids is 2. The Morgan fingerprint density at radius 2 is 1.81 bits per heavy atom. The Bertz CT molecular complexity index is 1050. The number of hydrogen-bond donors (Lipinski definition) is 2. The van der Waals surface area contributed by atoms with Crippen molar-refractivity contribution in [2.24, 2.45) is 0 Å². The molecule has 0 saturated carbocycles. The van der Waals surface area contributed by atoms with Gasteiger partial charge in [-0.15, -0.1) is 0 Å². The number of benzene rings is 2. The van der Waals surface area contributed by atoms with E-state index in [-0.39, 0.29) is 16.9 Å². The Morgan fingerprint density at radius 3 is 2.45 bits per heavy atom. The second kappa shape index (κ2) is 10.8. The third-order valence-corrected chi connectivity index (χ3v) is 5.28. The fraction of sp³-hybridized carbons (Fsp3) is 0.300. The molecule has 2 rings (SSSR count). The minimum absolute atomic E-state index is 0.176. The number of rotatable bonds is 10. The zero-order valence-electron chi connectivity index (χ0n) is 17.0. The van der Waals surface area contributed by atoms with Gasteiger partial charge in [0.2, 0.25) is 15.9 Å². The van der Waals surface area contributed by atoms with Crippen molar-refractivity contribution >= 4 is 33.2 Å². The van der Waals surface area contributed by atoms with Crippen molar-refractivity contribution in [2.75, 3.05) is 42.7 Å². The van der Waals surface area contributed by atoms with Crippen LogP contribution in [0, 0.1) is 11.6 Å². The number of carbonyl (C=O) groups is 2. The van der Waals surface area contributed by atoms with Crippen LogP contribution in [-0.2, 0) is 19.6 Å². The summed E-state index contributed by atoms with van der Waals surface area (Å²) in [5, 5.41) is 5.19. The Kier molecular flexibility index (Phi) is 8.46. The lowest BCUT2D eigenvalue weighted by Gasteiger charge is -2.22. The number of hydrogen-bond acceptors (Lipinski definition) is 5. The van der Waals surface area contributed by atoms with E-state index < -0.39 is 40.0 Å². The van der Waals surface area contributed by atoms with Gasteiger partial charge in [0.05, 0.1) is 23.2 Å². The molecule has 0 aromatic heterocycles. The first-order chi connectivity index (χ1) is 14.6. The van der Waals surface area contributed by atoms with Crippen LogP contribution in [0.1, 0.15) is 16.8 Å². The summed E-state index contributed by atoms with van der Waals surface area (Å²) in [4.78, 5) is 24.9. The molecule has 8 nitrogen and oxygen atoms in total. The number of ether oxygens (including phenoxy) is 1. The average Bonchev–Trinajstić information content (AvgIpc) is 2.71. The van der Waals surface area contributed by atoms with Gasteiger partial charge in [-0.2, -0.15) is 0 Å². The maximum Gasteiger partial charge on any atom is 0.253 e. The quantitative estimate of drug-likeness (QED) is 0.534. The molecule has 31 heavy (non-hydrogen) atoms. The van der Waals surface area contributed by atoms with Gasteiger partial charge < -0.3 is 15.4 Å². The molecule has 0 heterocycles. The lowest BCUT2D eigenvalue weighted by Crippen LogP contribution is -2.38. The molecule has 0 spiro atoms. The van der Waals surface area contributed by atoms with Gasteiger partial charge in [0.15, 0.2) is 11.6 Å². The van der Waals surface area contributed by atoms with Crippen molar-refractivity contribution in [3.8, 4) is 0 Å². The molecule has 0 radical (unpaired) electrons. The van der Waals surface area contributed by atoms with E-state index in [4.69, 9.17) is 4.74 Å². The second-order valence-corrected chi connectivity index (χ2v) is 8.47. The highest BCUT2D eigenvalue weighted by molar-refractivity contribution is 7.92. The third kappa shape index (κ3) is 7.00. The Balaban J connectivity index is 2.16. The Labute approximate surface area is 179 Å². The lowest BCUT2D eigenvalue weighted by molar-refractivity contribution is -0.114. The molecule has 2 amide bonds. The van der Waals surface area contributed by atoms with Crippen LogP contribution in [0.25, 0.3) is 0 Å². The molecule has 0 atom stereocenters. The van der Waals surface area contributed by atoms with E-state index >= 15 is 0 Å². The molecule has 0 aliphatic heterocycles. The van der Waals surface area contributed by atoms with Crippen molar-refractivity contribution in [2.45, 2.75) is 6.42 Å². The van der Waals surface area contributed by atoms with Gasteiger partial charge in [-0.1, -0.05) is 12.1 Å². The van der Waals surface area contributed by atoms with E-state index in [0.717, 1.165) is 18.4 Å². The topological polar surface area (TPSA) is 105 Å². The predicted molar refractivity (Wildman–Crippen MR) is 112 cm³/mol. The fourth-order valence-electron chi connectivity index (χ4n) is 2.66. The van der Waals surface area contributed by atoms with E-state index in [1.54, 1.807) is 19.2 Å². The van der Waals surface area contributed by atoms with Crippen molar-refractivity contribution in [1.29, 1.82) is 0 Å². The molecular formula is C20H23F2N3O5S. The zero-order chi connectivity index (χ0) is 23.0. The largest absolute Gasteiger partial charge is 0.385 e. The molecule has 0 aliphatic carbocycles. The summed E-state index contributed by atoms with van der Waals surface area (Å²) < 4.78 is 56.5.